The van der Waals surface area contributed by atoms with Gasteiger partial charge in [-0.1, -0.05) is 41.4 Å². The van der Waals surface area contributed by atoms with Gasteiger partial charge in [0.05, 0.1) is 10.0 Å². The molecule has 0 saturated heterocycles. The normalized spacial score (nSPS) is 11.5. The van der Waals surface area contributed by atoms with E-state index in [4.69, 9.17) is 34.8 Å². The van der Waals surface area contributed by atoms with E-state index in [1.54, 1.807) is 0 Å². The molecule has 0 unspecified atom stereocenters. The summed E-state index contributed by atoms with van der Waals surface area (Å²) in [5, 5.41) is -0.722. The molecule has 0 atom stereocenters. The summed E-state index contributed by atoms with van der Waals surface area (Å²) >= 11 is 16.4. The lowest BCUT2D eigenvalue weighted by Gasteiger charge is -2.08. The zero-order chi connectivity index (χ0) is 13.2. The van der Waals surface area contributed by atoms with Crippen LogP contribution < -0.4 is 4.72 Å². The molecular formula is C9H7Cl3FNO2S. The third kappa shape index (κ3) is 3.56. The summed E-state index contributed by atoms with van der Waals surface area (Å²) in [5.74, 6) is -0.985. The second-order valence-electron chi connectivity index (χ2n) is 3.02. The number of hydrogen-bond donors (Lipinski definition) is 1. The Balaban J connectivity index is 3.16. The van der Waals surface area contributed by atoms with Gasteiger partial charge in [-0.05, 0) is 12.1 Å². The van der Waals surface area contributed by atoms with Crippen molar-refractivity contribution < 1.29 is 12.8 Å². The number of hydrogen-bond acceptors (Lipinski definition) is 2. The van der Waals surface area contributed by atoms with E-state index in [1.807, 2.05) is 0 Å². The Labute approximate surface area is 113 Å². The molecule has 0 spiro atoms. The second-order valence-corrected chi connectivity index (χ2v) is 6.07. The molecule has 0 heterocycles. The maximum atomic E-state index is 13.3. The van der Waals surface area contributed by atoms with E-state index in [9.17, 15) is 12.8 Å². The van der Waals surface area contributed by atoms with E-state index < -0.39 is 25.8 Å². The van der Waals surface area contributed by atoms with Crippen molar-refractivity contribution in [2.45, 2.75) is 4.90 Å². The van der Waals surface area contributed by atoms with Crippen molar-refractivity contribution >= 4 is 44.8 Å². The number of halogens is 4. The van der Waals surface area contributed by atoms with Gasteiger partial charge in [0.25, 0.3) is 0 Å². The fourth-order valence-electron chi connectivity index (χ4n) is 0.967. The van der Waals surface area contributed by atoms with Crippen LogP contribution in [0.5, 0.6) is 0 Å². The molecule has 0 amide bonds. The van der Waals surface area contributed by atoms with Gasteiger partial charge in [0.1, 0.15) is 4.90 Å². The number of sulfonamides is 1. The van der Waals surface area contributed by atoms with Crippen molar-refractivity contribution in [2.24, 2.45) is 0 Å². The quantitative estimate of drug-likeness (QED) is 0.867. The lowest BCUT2D eigenvalue weighted by Crippen LogP contribution is -2.25. The minimum absolute atomic E-state index is 0.0964. The Bertz CT molecular complexity index is 560. The number of nitrogens with one attached hydrogen (secondary N) is 1. The SMILES string of the molecule is C=C(Cl)CNS(=O)(=O)c1ccc(Cl)c(F)c1Cl. The summed E-state index contributed by atoms with van der Waals surface area (Å²) in [6, 6.07) is 2.21. The van der Waals surface area contributed by atoms with Crippen LogP contribution in [0, 0.1) is 5.82 Å². The number of rotatable bonds is 4. The molecule has 0 aliphatic carbocycles. The zero-order valence-electron chi connectivity index (χ0n) is 8.31. The van der Waals surface area contributed by atoms with Crippen LogP contribution >= 0.6 is 34.8 Å². The molecule has 0 saturated carbocycles. The van der Waals surface area contributed by atoms with Crippen LogP contribution in [-0.2, 0) is 10.0 Å². The molecule has 1 N–H and O–H groups in total. The minimum Gasteiger partial charge on any atom is -0.207 e. The summed E-state index contributed by atoms with van der Waals surface area (Å²) in [6.07, 6.45) is 0. The van der Waals surface area contributed by atoms with Gasteiger partial charge in [0.2, 0.25) is 10.0 Å². The van der Waals surface area contributed by atoms with Gasteiger partial charge in [-0.3, -0.25) is 0 Å². The molecule has 0 radical (unpaired) electrons. The van der Waals surface area contributed by atoms with Crippen LogP contribution in [0.4, 0.5) is 4.39 Å². The fraction of sp³-hybridized carbons (Fsp3) is 0.111. The monoisotopic (exact) mass is 317 g/mol. The van der Waals surface area contributed by atoms with Gasteiger partial charge in [-0.15, -0.1) is 0 Å². The highest BCUT2D eigenvalue weighted by molar-refractivity contribution is 7.89. The van der Waals surface area contributed by atoms with E-state index >= 15 is 0 Å². The molecule has 1 rings (SSSR count). The highest BCUT2D eigenvalue weighted by atomic mass is 35.5. The maximum Gasteiger partial charge on any atom is 0.242 e. The summed E-state index contributed by atoms with van der Waals surface area (Å²) in [5.41, 5.74) is 0. The van der Waals surface area contributed by atoms with Gasteiger partial charge in [0, 0.05) is 11.6 Å². The van der Waals surface area contributed by atoms with E-state index in [0.717, 1.165) is 12.1 Å². The van der Waals surface area contributed by atoms with Crippen LogP contribution in [0.3, 0.4) is 0 Å². The Morgan fingerprint density at radius 1 is 1.41 bits per heavy atom. The van der Waals surface area contributed by atoms with Gasteiger partial charge in [0.15, 0.2) is 5.82 Å². The third-order valence-electron chi connectivity index (χ3n) is 1.74. The van der Waals surface area contributed by atoms with Gasteiger partial charge in [-0.2, -0.15) is 0 Å². The van der Waals surface area contributed by atoms with Gasteiger partial charge < -0.3 is 0 Å². The summed E-state index contributed by atoms with van der Waals surface area (Å²) in [7, 11) is -3.95. The zero-order valence-corrected chi connectivity index (χ0v) is 11.4. The molecule has 0 aliphatic rings. The number of benzene rings is 1. The highest BCUT2D eigenvalue weighted by Crippen LogP contribution is 2.29. The summed E-state index contributed by atoms with van der Waals surface area (Å²) in [4.78, 5) is -0.404. The topological polar surface area (TPSA) is 46.2 Å². The van der Waals surface area contributed by atoms with Crippen LogP contribution in [0.1, 0.15) is 0 Å². The van der Waals surface area contributed by atoms with Crippen molar-refractivity contribution in [3.63, 3.8) is 0 Å². The van der Waals surface area contributed by atoms with Crippen molar-refractivity contribution in [3.05, 3.63) is 39.6 Å². The first-order chi connectivity index (χ1) is 7.75. The predicted octanol–water partition coefficient (Wildman–Crippen LogP) is 3.16. The van der Waals surface area contributed by atoms with E-state index in [0.29, 0.717) is 0 Å². The molecular weight excluding hydrogens is 312 g/mol. The Kier molecular flexibility index (Phi) is 4.80. The molecule has 0 bridgehead atoms. The van der Waals surface area contributed by atoms with Gasteiger partial charge >= 0.3 is 0 Å². The third-order valence-corrected chi connectivity index (χ3v) is 4.09. The Morgan fingerprint density at radius 2 is 2.00 bits per heavy atom. The standard InChI is InChI=1S/C9H7Cl3FNO2S/c1-5(10)4-14-17(15,16)7-3-2-6(11)9(13)8(7)12/h2-3,14H,1,4H2. The maximum absolute atomic E-state index is 13.3. The van der Waals surface area contributed by atoms with Crippen LogP contribution in [0.25, 0.3) is 0 Å². The average molecular weight is 319 g/mol. The second kappa shape index (κ2) is 5.54. The van der Waals surface area contributed by atoms with Crippen LogP contribution in [0.15, 0.2) is 28.6 Å². The van der Waals surface area contributed by atoms with Crippen LogP contribution in [-0.4, -0.2) is 15.0 Å². The van der Waals surface area contributed by atoms with Crippen molar-refractivity contribution in [1.82, 2.24) is 4.72 Å². The Hall–Kier alpha value is -0.330. The molecule has 3 nitrogen and oxygen atoms in total. The first-order valence-electron chi connectivity index (χ1n) is 4.22. The molecule has 0 aliphatic heterocycles. The molecule has 0 fully saturated rings. The van der Waals surface area contributed by atoms with Crippen molar-refractivity contribution in [2.75, 3.05) is 6.54 Å². The van der Waals surface area contributed by atoms with Gasteiger partial charge in [-0.25, -0.2) is 17.5 Å². The van der Waals surface area contributed by atoms with Crippen LogP contribution in [0.2, 0.25) is 10.0 Å². The van der Waals surface area contributed by atoms with Crippen molar-refractivity contribution in [1.29, 1.82) is 0 Å². The average Bonchev–Trinajstić information content (AvgIpc) is 2.23. The largest absolute Gasteiger partial charge is 0.242 e. The smallest absolute Gasteiger partial charge is 0.207 e. The highest BCUT2D eigenvalue weighted by Gasteiger charge is 2.21. The Morgan fingerprint density at radius 3 is 2.53 bits per heavy atom. The molecule has 1 aromatic carbocycles. The summed E-state index contributed by atoms with van der Waals surface area (Å²) in [6.45, 7) is 3.14. The first-order valence-corrected chi connectivity index (χ1v) is 6.84. The molecule has 1 aromatic rings. The molecule has 94 valence electrons. The molecule has 17 heavy (non-hydrogen) atoms. The minimum atomic E-state index is -3.95. The van der Waals surface area contributed by atoms with E-state index in [-0.39, 0.29) is 16.6 Å². The lowest BCUT2D eigenvalue weighted by atomic mass is 10.3. The fourth-order valence-corrected chi connectivity index (χ4v) is 2.88. The summed E-state index contributed by atoms with van der Waals surface area (Å²) < 4.78 is 38.9. The van der Waals surface area contributed by atoms with Crippen molar-refractivity contribution in [3.8, 4) is 0 Å². The molecule has 8 heteroatoms. The predicted molar refractivity (Wildman–Crippen MR) is 66.6 cm³/mol. The van der Waals surface area contributed by atoms with E-state index in [1.165, 1.54) is 0 Å². The lowest BCUT2D eigenvalue weighted by molar-refractivity contribution is 0.581. The van der Waals surface area contributed by atoms with E-state index in [2.05, 4.69) is 11.3 Å². The first kappa shape index (κ1) is 14.7. The molecule has 0 aromatic heterocycles.